The molecule has 6 nitrogen and oxygen atoms in total. The highest BCUT2D eigenvalue weighted by Crippen LogP contribution is 2.25. The average Bonchev–Trinajstić information content (AvgIpc) is 2.67. The summed E-state index contributed by atoms with van der Waals surface area (Å²) in [5.41, 5.74) is 0.936. The molecule has 0 spiro atoms. The molecule has 3 rings (SSSR count). The van der Waals surface area contributed by atoms with Gasteiger partial charge in [-0.1, -0.05) is 23.7 Å². The third-order valence-corrected chi connectivity index (χ3v) is 4.78. The van der Waals surface area contributed by atoms with Crippen molar-refractivity contribution in [3.05, 3.63) is 47.2 Å². The Kier molecular flexibility index (Phi) is 6.07. The maximum atomic E-state index is 9.72. The Bertz CT molecular complexity index is 683. The SMILES string of the molecule is OCC1CCCN(c2cc(NC(CO)c3ccc(Cl)cc3)ncn2)C1. The summed E-state index contributed by atoms with van der Waals surface area (Å²) in [6.45, 7) is 1.87. The quantitative estimate of drug-likeness (QED) is 0.732. The highest BCUT2D eigenvalue weighted by atomic mass is 35.5. The van der Waals surface area contributed by atoms with Gasteiger partial charge >= 0.3 is 0 Å². The largest absolute Gasteiger partial charge is 0.396 e. The van der Waals surface area contributed by atoms with E-state index < -0.39 is 0 Å². The van der Waals surface area contributed by atoms with Crippen LogP contribution in [0.2, 0.25) is 5.02 Å². The average molecular weight is 363 g/mol. The van der Waals surface area contributed by atoms with E-state index in [1.165, 1.54) is 6.33 Å². The van der Waals surface area contributed by atoms with Crippen molar-refractivity contribution in [3.8, 4) is 0 Å². The monoisotopic (exact) mass is 362 g/mol. The van der Waals surface area contributed by atoms with E-state index in [4.69, 9.17) is 11.6 Å². The first-order valence-corrected chi connectivity index (χ1v) is 8.88. The van der Waals surface area contributed by atoms with Gasteiger partial charge in [-0.05, 0) is 36.5 Å². The number of nitrogens with one attached hydrogen (secondary N) is 1. The number of halogens is 1. The van der Waals surface area contributed by atoms with Crippen LogP contribution >= 0.6 is 11.6 Å². The van der Waals surface area contributed by atoms with Crippen LogP contribution < -0.4 is 10.2 Å². The third kappa shape index (κ3) is 4.60. The molecule has 1 aromatic heterocycles. The van der Waals surface area contributed by atoms with Gasteiger partial charge in [0.2, 0.25) is 0 Å². The third-order valence-electron chi connectivity index (χ3n) is 4.53. The van der Waals surface area contributed by atoms with Gasteiger partial charge in [-0.25, -0.2) is 9.97 Å². The summed E-state index contributed by atoms with van der Waals surface area (Å²) in [7, 11) is 0. The minimum absolute atomic E-state index is 0.0583. The van der Waals surface area contributed by atoms with Crippen molar-refractivity contribution in [2.75, 3.05) is 36.5 Å². The molecule has 0 amide bonds. The van der Waals surface area contributed by atoms with Crippen molar-refractivity contribution in [1.82, 2.24) is 9.97 Å². The summed E-state index contributed by atoms with van der Waals surface area (Å²) >= 11 is 5.92. The smallest absolute Gasteiger partial charge is 0.134 e. The van der Waals surface area contributed by atoms with E-state index in [1.54, 1.807) is 12.1 Å². The van der Waals surface area contributed by atoms with Crippen LogP contribution in [0.25, 0.3) is 0 Å². The summed E-state index contributed by atoms with van der Waals surface area (Å²) in [6, 6.07) is 8.98. The Labute approximate surface area is 152 Å². The van der Waals surface area contributed by atoms with Crippen LogP contribution in [-0.4, -0.2) is 46.5 Å². The second-order valence-corrected chi connectivity index (χ2v) is 6.77. The van der Waals surface area contributed by atoms with Gasteiger partial charge in [-0.2, -0.15) is 0 Å². The molecule has 25 heavy (non-hydrogen) atoms. The van der Waals surface area contributed by atoms with Crippen molar-refractivity contribution in [2.45, 2.75) is 18.9 Å². The van der Waals surface area contributed by atoms with Gasteiger partial charge in [0.1, 0.15) is 18.0 Å². The van der Waals surface area contributed by atoms with Crippen LogP contribution in [0.3, 0.4) is 0 Å². The van der Waals surface area contributed by atoms with Gasteiger partial charge in [0.15, 0.2) is 0 Å². The molecule has 0 saturated carbocycles. The van der Waals surface area contributed by atoms with E-state index in [1.807, 2.05) is 18.2 Å². The van der Waals surface area contributed by atoms with Gasteiger partial charge in [0, 0.05) is 30.8 Å². The second kappa shape index (κ2) is 8.47. The molecule has 1 aliphatic rings. The summed E-state index contributed by atoms with van der Waals surface area (Å²) in [6.07, 6.45) is 3.62. The van der Waals surface area contributed by atoms with Crippen molar-refractivity contribution >= 4 is 23.2 Å². The molecule has 1 aromatic carbocycles. The fourth-order valence-corrected chi connectivity index (χ4v) is 3.26. The van der Waals surface area contributed by atoms with E-state index in [9.17, 15) is 10.2 Å². The molecule has 2 aromatic rings. The lowest BCUT2D eigenvalue weighted by Crippen LogP contribution is -2.37. The van der Waals surface area contributed by atoms with Crippen molar-refractivity contribution < 1.29 is 10.2 Å². The Hall–Kier alpha value is -1.89. The van der Waals surface area contributed by atoms with E-state index in [0.717, 1.165) is 37.3 Å². The molecule has 1 fully saturated rings. The van der Waals surface area contributed by atoms with Crippen LogP contribution in [-0.2, 0) is 0 Å². The molecule has 0 aliphatic carbocycles. The lowest BCUT2D eigenvalue weighted by atomic mass is 9.99. The maximum Gasteiger partial charge on any atom is 0.134 e. The Balaban J connectivity index is 1.73. The molecule has 7 heteroatoms. The van der Waals surface area contributed by atoms with E-state index in [-0.39, 0.29) is 19.3 Å². The fourth-order valence-electron chi connectivity index (χ4n) is 3.13. The van der Waals surface area contributed by atoms with Crippen LogP contribution in [0.5, 0.6) is 0 Å². The summed E-state index contributed by atoms with van der Waals surface area (Å²) < 4.78 is 0. The highest BCUT2D eigenvalue weighted by molar-refractivity contribution is 6.30. The van der Waals surface area contributed by atoms with Crippen LogP contribution in [0.15, 0.2) is 36.7 Å². The lowest BCUT2D eigenvalue weighted by molar-refractivity contribution is 0.208. The zero-order valence-electron chi connectivity index (χ0n) is 14.0. The standard InChI is InChI=1S/C18H23ClN4O2/c19-15-5-3-14(4-6-15)16(11-25)22-17-8-18(21-12-20-17)23-7-1-2-13(9-23)10-24/h3-6,8,12-13,16,24-25H,1-2,7,9-11H2,(H,20,21,22). The molecule has 2 unspecified atom stereocenters. The molecule has 1 saturated heterocycles. The van der Waals surface area contributed by atoms with Crippen LogP contribution in [0, 0.1) is 5.92 Å². The van der Waals surface area contributed by atoms with E-state index >= 15 is 0 Å². The van der Waals surface area contributed by atoms with Crippen molar-refractivity contribution in [3.63, 3.8) is 0 Å². The lowest BCUT2D eigenvalue weighted by Gasteiger charge is -2.32. The Morgan fingerprint density at radius 3 is 2.76 bits per heavy atom. The number of piperidine rings is 1. The highest BCUT2D eigenvalue weighted by Gasteiger charge is 2.21. The molecule has 0 bridgehead atoms. The van der Waals surface area contributed by atoms with Crippen LogP contribution in [0.1, 0.15) is 24.4 Å². The first kappa shape index (κ1) is 17.9. The number of rotatable bonds is 6. The first-order chi connectivity index (χ1) is 12.2. The van der Waals surface area contributed by atoms with Gasteiger partial charge in [0.25, 0.3) is 0 Å². The van der Waals surface area contributed by atoms with E-state index in [2.05, 4.69) is 20.2 Å². The molecule has 3 N–H and O–H groups in total. The molecule has 1 aliphatic heterocycles. The maximum absolute atomic E-state index is 9.72. The Morgan fingerprint density at radius 1 is 1.24 bits per heavy atom. The van der Waals surface area contributed by atoms with Crippen molar-refractivity contribution in [2.24, 2.45) is 5.92 Å². The van der Waals surface area contributed by atoms with Gasteiger partial charge in [-0.3, -0.25) is 0 Å². The summed E-state index contributed by atoms with van der Waals surface area (Å²) in [4.78, 5) is 10.8. The molecule has 2 heterocycles. The predicted molar refractivity (Wildman–Crippen MR) is 99.0 cm³/mol. The number of benzene rings is 1. The molecule has 0 radical (unpaired) electrons. The Morgan fingerprint density at radius 2 is 2.04 bits per heavy atom. The normalized spacial score (nSPS) is 18.8. The van der Waals surface area contributed by atoms with Gasteiger partial charge in [-0.15, -0.1) is 0 Å². The predicted octanol–water partition coefficient (Wildman–Crippen LogP) is 2.48. The number of anilines is 2. The minimum atomic E-state index is -0.272. The zero-order chi connectivity index (χ0) is 17.6. The number of aliphatic hydroxyl groups excluding tert-OH is 2. The number of hydrogen-bond acceptors (Lipinski definition) is 6. The zero-order valence-corrected chi connectivity index (χ0v) is 14.7. The van der Waals surface area contributed by atoms with Gasteiger partial charge in [0.05, 0.1) is 12.6 Å². The summed E-state index contributed by atoms with van der Waals surface area (Å²) in [5.74, 6) is 1.79. The number of hydrogen-bond donors (Lipinski definition) is 3. The van der Waals surface area contributed by atoms with Gasteiger partial charge < -0.3 is 20.4 Å². The fraction of sp³-hybridized carbons (Fsp3) is 0.444. The number of aromatic nitrogens is 2. The first-order valence-electron chi connectivity index (χ1n) is 8.50. The molecular formula is C18H23ClN4O2. The summed E-state index contributed by atoms with van der Waals surface area (Å²) in [5, 5.41) is 23.0. The van der Waals surface area contributed by atoms with E-state index in [0.29, 0.717) is 16.8 Å². The molecular weight excluding hydrogens is 340 g/mol. The molecule has 134 valence electrons. The topological polar surface area (TPSA) is 81.5 Å². The second-order valence-electron chi connectivity index (χ2n) is 6.33. The number of nitrogens with zero attached hydrogens (tertiary/aromatic N) is 3. The molecule has 2 atom stereocenters. The van der Waals surface area contributed by atoms with Crippen molar-refractivity contribution in [1.29, 1.82) is 0 Å². The van der Waals surface area contributed by atoms with Crippen LogP contribution in [0.4, 0.5) is 11.6 Å². The minimum Gasteiger partial charge on any atom is -0.396 e. The number of aliphatic hydroxyl groups is 2.